The molecule has 0 saturated carbocycles. The fourth-order valence-electron chi connectivity index (χ4n) is 1.68. The second-order valence-electron chi connectivity index (χ2n) is 4.15. The number of ether oxygens (including phenoxy) is 2. The Morgan fingerprint density at radius 1 is 1.45 bits per heavy atom. The molecule has 0 saturated heterocycles. The first-order valence-corrected chi connectivity index (χ1v) is 6.12. The molecule has 0 radical (unpaired) electrons. The molecule has 0 spiro atoms. The van der Waals surface area contributed by atoms with Crippen molar-refractivity contribution in [3.05, 3.63) is 27.8 Å². The number of nitrogens with zero attached hydrogens (tertiary/aromatic N) is 1. The molecule has 7 heteroatoms. The Balaban J connectivity index is 3.06. The van der Waals surface area contributed by atoms with Gasteiger partial charge in [-0.05, 0) is 19.4 Å². The lowest BCUT2D eigenvalue weighted by atomic mass is 10.1. The lowest BCUT2D eigenvalue weighted by Crippen LogP contribution is -2.04. The summed E-state index contributed by atoms with van der Waals surface area (Å²) in [5.41, 5.74) is -0.0710. The van der Waals surface area contributed by atoms with E-state index in [1.165, 1.54) is 26.2 Å². The van der Waals surface area contributed by atoms with Crippen molar-refractivity contribution in [1.29, 1.82) is 0 Å². The number of carbonyl (C=O) groups excluding carboxylic acids is 1. The third kappa shape index (κ3) is 3.92. The van der Waals surface area contributed by atoms with Crippen molar-refractivity contribution in [2.75, 3.05) is 13.7 Å². The molecule has 1 unspecified atom stereocenters. The number of benzene rings is 1. The number of hydrogen-bond acceptors (Lipinski definition) is 6. The number of aliphatic hydroxyl groups excluding tert-OH is 1. The summed E-state index contributed by atoms with van der Waals surface area (Å²) in [5.74, 6) is 0.520. The van der Waals surface area contributed by atoms with Crippen molar-refractivity contribution in [2.24, 2.45) is 0 Å². The van der Waals surface area contributed by atoms with Gasteiger partial charge in [0, 0.05) is 6.42 Å². The number of nitro benzene ring substituents is 1. The van der Waals surface area contributed by atoms with E-state index in [1.54, 1.807) is 0 Å². The van der Waals surface area contributed by atoms with Crippen LogP contribution in [0.4, 0.5) is 5.69 Å². The molecule has 0 aliphatic rings. The standard InChI is InChI=1S/C13H17NO6/c1-9(16)10-7-12(19-2)13(8-11(10)14(17)18)20-6-4-3-5-15/h5,7-9,16H,3-4,6H2,1-2H3. The van der Waals surface area contributed by atoms with E-state index < -0.39 is 11.0 Å². The van der Waals surface area contributed by atoms with Gasteiger partial charge in [0.15, 0.2) is 11.5 Å². The van der Waals surface area contributed by atoms with Gasteiger partial charge in [0.1, 0.15) is 6.29 Å². The van der Waals surface area contributed by atoms with E-state index in [-0.39, 0.29) is 23.6 Å². The van der Waals surface area contributed by atoms with Crippen molar-refractivity contribution >= 4 is 12.0 Å². The maximum atomic E-state index is 11.0. The summed E-state index contributed by atoms with van der Waals surface area (Å²) in [7, 11) is 1.41. The second-order valence-corrected chi connectivity index (χ2v) is 4.15. The molecule has 0 bridgehead atoms. The summed E-state index contributed by atoms with van der Waals surface area (Å²) in [6.07, 6.45) is 0.655. The summed E-state index contributed by atoms with van der Waals surface area (Å²) < 4.78 is 10.5. The van der Waals surface area contributed by atoms with Gasteiger partial charge in [-0.15, -0.1) is 0 Å². The van der Waals surface area contributed by atoms with Crippen LogP contribution in [0, 0.1) is 10.1 Å². The maximum Gasteiger partial charge on any atom is 0.279 e. The second kappa shape index (κ2) is 7.44. The number of rotatable bonds is 8. The van der Waals surface area contributed by atoms with E-state index in [0.717, 1.165) is 6.29 Å². The zero-order chi connectivity index (χ0) is 15.1. The molecule has 0 fully saturated rings. The summed E-state index contributed by atoms with van der Waals surface area (Å²) >= 11 is 0. The highest BCUT2D eigenvalue weighted by Gasteiger charge is 2.22. The Morgan fingerprint density at radius 2 is 2.15 bits per heavy atom. The average molecular weight is 283 g/mol. The predicted octanol–water partition coefficient (Wildman–Crippen LogP) is 2.01. The number of nitro groups is 1. The largest absolute Gasteiger partial charge is 0.493 e. The van der Waals surface area contributed by atoms with E-state index in [1.807, 2.05) is 0 Å². The van der Waals surface area contributed by atoms with Gasteiger partial charge < -0.3 is 19.4 Å². The SMILES string of the molecule is COc1cc(C(C)O)c([N+](=O)[O-])cc1OCCCC=O. The first-order valence-electron chi connectivity index (χ1n) is 6.12. The van der Waals surface area contributed by atoms with E-state index >= 15 is 0 Å². The van der Waals surface area contributed by atoms with E-state index in [4.69, 9.17) is 9.47 Å². The van der Waals surface area contributed by atoms with Crippen LogP contribution in [0.25, 0.3) is 0 Å². The monoisotopic (exact) mass is 283 g/mol. The molecule has 1 aromatic carbocycles. The first kappa shape index (κ1) is 15.9. The molecule has 110 valence electrons. The van der Waals surface area contributed by atoms with Gasteiger partial charge in [0.2, 0.25) is 0 Å². The van der Waals surface area contributed by atoms with Crippen LogP contribution in [-0.4, -0.2) is 30.0 Å². The molecule has 1 aromatic rings. The Kier molecular flexibility index (Phi) is 5.92. The van der Waals surface area contributed by atoms with Gasteiger partial charge in [-0.25, -0.2) is 0 Å². The molecular formula is C13H17NO6. The Hall–Kier alpha value is -2.15. The number of aldehydes is 1. The molecule has 0 heterocycles. The highest BCUT2D eigenvalue weighted by atomic mass is 16.6. The van der Waals surface area contributed by atoms with E-state index in [2.05, 4.69) is 0 Å². The van der Waals surface area contributed by atoms with Gasteiger partial charge in [-0.1, -0.05) is 0 Å². The minimum atomic E-state index is -0.992. The van der Waals surface area contributed by atoms with Crippen LogP contribution in [0.3, 0.4) is 0 Å². The molecular weight excluding hydrogens is 266 g/mol. The van der Waals surface area contributed by atoms with Crippen LogP contribution in [0.5, 0.6) is 11.5 Å². The smallest absolute Gasteiger partial charge is 0.279 e. The van der Waals surface area contributed by atoms with Crippen LogP contribution in [0.2, 0.25) is 0 Å². The van der Waals surface area contributed by atoms with Crippen LogP contribution in [0.1, 0.15) is 31.4 Å². The quantitative estimate of drug-likeness (QED) is 0.339. The number of unbranched alkanes of at least 4 members (excludes halogenated alkanes) is 1. The Morgan fingerprint density at radius 3 is 2.65 bits per heavy atom. The van der Waals surface area contributed by atoms with Gasteiger partial charge in [-0.2, -0.15) is 0 Å². The summed E-state index contributed by atoms with van der Waals surface area (Å²) in [6.45, 7) is 1.69. The van der Waals surface area contributed by atoms with Crippen LogP contribution < -0.4 is 9.47 Å². The minimum Gasteiger partial charge on any atom is -0.493 e. The first-order chi connectivity index (χ1) is 9.51. The van der Waals surface area contributed by atoms with Crippen molar-refractivity contribution in [3.8, 4) is 11.5 Å². The van der Waals surface area contributed by atoms with E-state index in [9.17, 15) is 20.0 Å². The highest BCUT2D eigenvalue weighted by Crippen LogP contribution is 2.37. The molecule has 0 amide bonds. The predicted molar refractivity (Wildman–Crippen MR) is 71.1 cm³/mol. The van der Waals surface area contributed by atoms with Gasteiger partial charge in [0.05, 0.1) is 36.4 Å². The highest BCUT2D eigenvalue weighted by molar-refractivity contribution is 5.55. The van der Waals surface area contributed by atoms with Crippen LogP contribution >= 0.6 is 0 Å². The summed E-state index contributed by atoms with van der Waals surface area (Å²) in [5, 5.41) is 20.6. The molecule has 7 nitrogen and oxygen atoms in total. The van der Waals surface area contributed by atoms with Crippen molar-refractivity contribution < 1.29 is 24.3 Å². The summed E-state index contributed by atoms with van der Waals surface area (Å²) in [4.78, 5) is 20.6. The topological polar surface area (TPSA) is 98.9 Å². The lowest BCUT2D eigenvalue weighted by Gasteiger charge is -2.13. The van der Waals surface area contributed by atoms with Crippen LogP contribution in [-0.2, 0) is 4.79 Å². The lowest BCUT2D eigenvalue weighted by molar-refractivity contribution is -0.386. The molecule has 20 heavy (non-hydrogen) atoms. The Bertz CT molecular complexity index is 486. The zero-order valence-corrected chi connectivity index (χ0v) is 11.4. The van der Waals surface area contributed by atoms with E-state index in [0.29, 0.717) is 18.6 Å². The third-order valence-electron chi connectivity index (χ3n) is 2.68. The van der Waals surface area contributed by atoms with Gasteiger partial charge in [0.25, 0.3) is 5.69 Å². The van der Waals surface area contributed by atoms with Crippen molar-refractivity contribution in [2.45, 2.75) is 25.9 Å². The molecule has 0 aliphatic heterocycles. The number of aliphatic hydroxyl groups is 1. The maximum absolute atomic E-state index is 11.0. The van der Waals surface area contributed by atoms with Gasteiger partial charge in [-0.3, -0.25) is 10.1 Å². The van der Waals surface area contributed by atoms with Crippen LogP contribution in [0.15, 0.2) is 12.1 Å². The van der Waals surface area contributed by atoms with Crippen molar-refractivity contribution in [3.63, 3.8) is 0 Å². The Labute approximate surface area is 116 Å². The average Bonchev–Trinajstić information content (AvgIpc) is 2.42. The fourth-order valence-corrected chi connectivity index (χ4v) is 1.68. The summed E-state index contributed by atoms with van der Waals surface area (Å²) in [6, 6.07) is 2.61. The van der Waals surface area contributed by atoms with Crippen molar-refractivity contribution in [1.82, 2.24) is 0 Å². The zero-order valence-electron chi connectivity index (χ0n) is 11.4. The molecule has 1 rings (SSSR count). The normalized spacial score (nSPS) is 11.8. The molecule has 1 N–H and O–H groups in total. The fraction of sp³-hybridized carbons (Fsp3) is 0.462. The number of hydrogen-bond donors (Lipinski definition) is 1. The number of methoxy groups -OCH3 is 1. The third-order valence-corrected chi connectivity index (χ3v) is 2.68. The number of carbonyl (C=O) groups is 1. The molecule has 1 atom stereocenters. The molecule has 0 aromatic heterocycles. The van der Waals surface area contributed by atoms with Gasteiger partial charge >= 0.3 is 0 Å². The minimum absolute atomic E-state index is 0.159. The molecule has 0 aliphatic carbocycles.